The molecule has 4 nitrogen and oxygen atoms in total. The van der Waals surface area contributed by atoms with Crippen LogP contribution in [-0.4, -0.2) is 15.0 Å². The molecule has 0 saturated carbocycles. The summed E-state index contributed by atoms with van der Waals surface area (Å²) in [6.07, 6.45) is 0. The third-order valence-electron chi connectivity index (χ3n) is 3.77. The Bertz CT molecular complexity index is 935. The molecule has 0 saturated heterocycles. The van der Waals surface area contributed by atoms with Crippen molar-refractivity contribution in [2.24, 2.45) is 0 Å². The number of nitrogens with zero attached hydrogens (tertiary/aromatic N) is 3. The molecule has 1 aromatic carbocycles. The Morgan fingerprint density at radius 2 is 1.96 bits per heavy atom. The first-order chi connectivity index (χ1) is 11.5. The van der Waals surface area contributed by atoms with Gasteiger partial charge in [-0.15, -0.1) is 0 Å². The minimum Gasteiger partial charge on any atom is -0.340 e. The van der Waals surface area contributed by atoms with Crippen molar-refractivity contribution in [1.82, 2.24) is 15.0 Å². The van der Waals surface area contributed by atoms with E-state index in [0.29, 0.717) is 11.3 Å². The van der Waals surface area contributed by atoms with E-state index in [1.165, 1.54) is 12.1 Å². The highest BCUT2D eigenvalue weighted by Gasteiger charge is 2.18. The van der Waals surface area contributed by atoms with Gasteiger partial charge in [0.1, 0.15) is 17.7 Å². The Hall–Kier alpha value is -3.00. The molecule has 0 bridgehead atoms. The third kappa shape index (κ3) is 2.91. The molecule has 0 aliphatic rings. The van der Waals surface area contributed by atoms with Gasteiger partial charge in [0.25, 0.3) is 0 Å². The van der Waals surface area contributed by atoms with E-state index in [9.17, 15) is 4.39 Å². The van der Waals surface area contributed by atoms with Gasteiger partial charge in [-0.25, -0.2) is 9.37 Å². The molecule has 5 heteroatoms. The highest BCUT2D eigenvalue weighted by Crippen LogP contribution is 2.31. The number of halogens is 1. The summed E-state index contributed by atoms with van der Waals surface area (Å²) in [5.41, 5.74) is 3.81. The number of rotatable bonds is 3. The van der Waals surface area contributed by atoms with Crippen LogP contribution in [0.25, 0.3) is 22.6 Å². The highest BCUT2D eigenvalue weighted by molar-refractivity contribution is 5.77. The van der Waals surface area contributed by atoms with E-state index in [2.05, 4.69) is 15.0 Å². The average Bonchev–Trinajstić information content (AvgIpc) is 3.01. The van der Waals surface area contributed by atoms with E-state index in [4.69, 9.17) is 5.26 Å². The summed E-state index contributed by atoms with van der Waals surface area (Å²) in [5.74, 6) is 0.500. The summed E-state index contributed by atoms with van der Waals surface area (Å²) in [5, 5.41) is 9.08. The number of H-pyrrole nitrogens is 1. The Morgan fingerprint density at radius 3 is 2.62 bits per heavy atom. The molecule has 1 N–H and O–H groups in total. The lowest BCUT2D eigenvalue weighted by molar-refractivity contribution is 0.624. The van der Waals surface area contributed by atoms with E-state index in [0.717, 1.165) is 22.9 Å². The maximum atomic E-state index is 13.6. The fourth-order valence-electron chi connectivity index (χ4n) is 2.50. The van der Waals surface area contributed by atoms with Gasteiger partial charge in [-0.05, 0) is 37.3 Å². The molecular weight excluding hydrogens is 303 g/mol. The number of hydrogen-bond donors (Lipinski definition) is 1. The summed E-state index contributed by atoms with van der Waals surface area (Å²) in [6, 6.07) is 12.1. The number of pyridine rings is 1. The van der Waals surface area contributed by atoms with Crippen molar-refractivity contribution in [3.63, 3.8) is 0 Å². The summed E-state index contributed by atoms with van der Waals surface area (Å²) >= 11 is 0. The number of nitrogens with one attached hydrogen (secondary N) is 1. The van der Waals surface area contributed by atoms with E-state index < -0.39 is 5.82 Å². The molecule has 2 aromatic heterocycles. The maximum absolute atomic E-state index is 13.6. The number of benzene rings is 1. The van der Waals surface area contributed by atoms with Gasteiger partial charge >= 0.3 is 0 Å². The predicted molar refractivity (Wildman–Crippen MR) is 90.8 cm³/mol. The van der Waals surface area contributed by atoms with E-state index in [1.807, 2.05) is 45.0 Å². The van der Waals surface area contributed by atoms with Gasteiger partial charge in [0.2, 0.25) is 0 Å². The second-order valence-electron chi connectivity index (χ2n) is 5.97. The van der Waals surface area contributed by atoms with E-state index in [1.54, 1.807) is 6.07 Å². The van der Waals surface area contributed by atoms with Crippen LogP contribution in [0, 0.1) is 24.1 Å². The SMILES string of the molecule is Cc1cccc(-c2[nH]c(C(C)C)nc2-c2ccc(F)c(C#N)c2)n1. The lowest BCUT2D eigenvalue weighted by Crippen LogP contribution is -1.91. The summed E-state index contributed by atoms with van der Waals surface area (Å²) in [7, 11) is 0. The monoisotopic (exact) mass is 320 g/mol. The lowest BCUT2D eigenvalue weighted by Gasteiger charge is -2.04. The van der Waals surface area contributed by atoms with E-state index in [-0.39, 0.29) is 11.5 Å². The van der Waals surface area contributed by atoms with Crippen molar-refractivity contribution in [3.8, 4) is 28.7 Å². The minimum absolute atomic E-state index is 0.00440. The standard InChI is InChI=1S/C19H17FN4/c1-11(2)19-23-17(13-7-8-15(20)14(9-13)10-21)18(24-19)16-6-4-5-12(3)22-16/h4-9,11H,1-3H3,(H,23,24). The zero-order chi connectivity index (χ0) is 17.3. The Kier molecular flexibility index (Phi) is 4.13. The Labute approximate surface area is 140 Å². The van der Waals surface area contributed by atoms with Crippen molar-refractivity contribution in [3.05, 3.63) is 59.3 Å². The van der Waals surface area contributed by atoms with Crippen LogP contribution in [0.3, 0.4) is 0 Å². The first kappa shape index (κ1) is 15.9. The van der Waals surface area contributed by atoms with Crippen LogP contribution < -0.4 is 0 Å². The number of imidazole rings is 1. The second-order valence-corrected chi connectivity index (χ2v) is 5.97. The summed E-state index contributed by atoms with van der Waals surface area (Å²) in [4.78, 5) is 12.5. The van der Waals surface area contributed by atoms with Gasteiger partial charge in [0.15, 0.2) is 0 Å². The van der Waals surface area contributed by atoms with Crippen molar-refractivity contribution in [2.45, 2.75) is 26.7 Å². The van der Waals surface area contributed by atoms with Gasteiger partial charge in [-0.1, -0.05) is 19.9 Å². The third-order valence-corrected chi connectivity index (χ3v) is 3.77. The lowest BCUT2D eigenvalue weighted by atomic mass is 10.1. The van der Waals surface area contributed by atoms with Gasteiger partial charge in [-0.3, -0.25) is 4.98 Å². The summed E-state index contributed by atoms with van der Waals surface area (Å²) < 4.78 is 13.6. The van der Waals surface area contributed by atoms with Crippen LogP contribution in [-0.2, 0) is 0 Å². The number of aromatic amines is 1. The molecule has 24 heavy (non-hydrogen) atoms. The Balaban J connectivity index is 2.22. The molecule has 0 unspecified atom stereocenters. The molecule has 0 amide bonds. The number of aromatic nitrogens is 3. The van der Waals surface area contributed by atoms with Gasteiger partial charge in [-0.2, -0.15) is 5.26 Å². The zero-order valence-electron chi connectivity index (χ0n) is 13.8. The largest absolute Gasteiger partial charge is 0.340 e. The highest BCUT2D eigenvalue weighted by atomic mass is 19.1. The molecule has 0 aliphatic carbocycles. The molecule has 0 spiro atoms. The fraction of sp³-hybridized carbons (Fsp3) is 0.211. The van der Waals surface area contributed by atoms with Crippen LogP contribution in [0.5, 0.6) is 0 Å². The van der Waals surface area contributed by atoms with Crippen molar-refractivity contribution in [1.29, 1.82) is 5.26 Å². The smallest absolute Gasteiger partial charge is 0.140 e. The van der Waals surface area contributed by atoms with Gasteiger partial charge < -0.3 is 4.98 Å². The number of aryl methyl sites for hydroxylation is 1. The molecule has 0 aliphatic heterocycles. The van der Waals surface area contributed by atoms with Crippen LogP contribution >= 0.6 is 0 Å². The zero-order valence-corrected chi connectivity index (χ0v) is 13.8. The topological polar surface area (TPSA) is 65.4 Å². The molecule has 0 fully saturated rings. The normalized spacial score (nSPS) is 10.8. The summed E-state index contributed by atoms with van der Waals surface area (Å²) in [6.45, 7) is 6.01. The second kappa shape index (κ2) is 6.25. The predicted octanol–water partition coefficient (Wildman–Crippen LogP) is 4.58. The molecule has 3 aromatic rings. The molecule has 0 atom stereocenters. The molecule has 120 valence electrons. The van der Waals surface area contributed by atoms with E-state index >= 15 is 0 Å². The van der Waals surface area contributed by atoms with Crippen LogP contribution in [0.1, 0.15) is 36.8 Å². The average molecular weight is 320 g/mol. The fourth-order valence-corrected chi connectivity index (χ4v) is 2.50. The molecule has 3 rings (SSSR count). The first-order valence-electron chi connectivity index (χ1n) is 7.73. The minimum atomic E-state index is -0.531. The Morgan fingerprint density at radius 1 is 1.17 bits per heavy atom. The van der Waals surface area contributed by atoms with Gasteiger partial charge in [0, 0.05) is 17.2 Å². The van der Waals surface area contributed by atoms with Crippen LogP contribution in [0.4, 0.5) is 4.39 Å². The number of hydrogen-bond acceptors (Lipinski definition) is 3. The molecule has 2 heterocycles. The van der Waals surface area contributed by atoms with Crippen LogP contribution in [0.2, 0.25) is 0 Å². The quantitative estimate of drug-likeness (QED) is 0.768. The molecule has 0 radical (unpaired) electrons. The molecular formula is C19H17FN4. The maximum Gasteiger partial charge on any atom is 0.140 e. The first-order valence-corrected chi connectivity index (χ1v) is 7.73. The van der Waals surface area contributed by atoms with Crippen LogP contribution in [0.15, 0.2) is 36.4 Å². The van der Waals surface area contributed by atoms with Crippen molar-refractivity contribution < 1.29 is 4.39 Å². The van der Waals surface area contributed by atoms with Crippen molar-refractivity contribution >= 4 is 0 Å². The van der Waals surface area contributed by atoms with Crippen molar-refractivity contribution in [2.75, 3.05) is 0 Å². The number of nitriles is 1. The van der Waals surface area contributed by atoms with Gasteiger partial charge in [0.05, 0.1) is 22.6 Å².